The summed E-state index contributed by atoms with van der Waals surface area (Å²) < 4.78 is 0. The molecule has 1 heterocycles. The van der Waals surface area contributed by atoms with Crippen LogP contribution in [0.2, 0.25) is 0 Å². The number of piperidine rings is 1. The van der Waals surface area contributed by atoms with E-state index in [-0.39, 0.29) is 11.9 Å². The molecule has 1 aliphatic heterocycles. The number of hydroxylamine groups is 2. The van der Waals surface area contributed by atoms with Gasteiger partial charge in [0, 0.05) is 13.6 Å². The fraction of sp³-hybridized carbons (Fsp3) is 0.533. The number of likely N-dealkylation sites (tertiary alicyclic amines) is 1. The first-order chi connectivity index (χ1) is 9.22. The topological polar surface area (TPSA) is 32.8 Å². The van der Waals surface area contributed by atoms with Crippen molar-refractivity contribution in [1.29, 1.82) is 0 Å². The van der Waals surface area contributed by atoms with E-state index in [4.69, 9.17) is 4.84 Å². The van der Waals surface area contributed by atoms with E-state index in [9.17, 15) is 4.79 Å². The molecule has 0 aliphatic carbocycles. The fourth-order valence-electron chi connectivity index (χ4n) is 2.58. The Kier molecular flexibility index (Phi) is 4.93. The third kappa shape index (κ3) is 3.55. The van der Waals surface area contributed by atoms with Crippen LogP contribution in [-0.4, -0.2) is 42.6 Å². The lowest BCUT2D eigenvalue weighted by molar-refractivity contribution is -0.176. The lowest BCUT2D eigenvalue weighted by atomic mass is 10.0. The zero-order chi connectivity index (χ0) is 13.7. The van der Waals surface area contributed by atoms with Crippen LogP contribution < -0.4 is 0 Å². The Balaban J connectivity index is 2.06. The Hall–Kier alpha value is -1.39. The van der Waals surface area contributed by atoms with Crippen molar-refractivity contribution < 1.29 is 9.63 Å². The van der Waals surface area contributed by atoms with Gasteiger partial charge in [-0.15, -0.1) is 0 Å². The molecule has 1 atom stereocenters. The summed E-state index contributed by atoms with van der Waals surface area (Å²) in [6, 6.07) is 10.3. The molecule has 1 saturated heterocycles. The number of hydrogen-bond donors (Lipinski definition) is 0. The maximum absolute atomic E-state index is 12.3. The fourth-order valence-corrected chi connectivity index (χ4v) is 2.58. The van der Waals surface area contributed by atoms with Gasteiger partial charge in [0.05, 0.1) is 13.2 Å². The predicted octanol–water partition coefficient (Wildman–Crippen LogP) is 2.06. The predicted molar refractivity (Wildman–Crippen MR) is 74.3 cm³/mol. The number of likely N-dealkylation sites (N-methyl/N-ethyl adjacent to an activating group) is 1. The summed E-state index contributed by atoms with van der Waals surface area (Å²) >= 11 is 0. The highest BCUT2D eigenvalue weighted by molar-refractivity contribution is 5.80. The smallest absolute Gasteiger partial charge is 0.263 e. The standard InChI is InChI=1S/C15H22N2O2/c1-16(19-2)15(18)14-10-6-7-11-17(14)12-13-8-4-3-5-9-13/h3-5,8-9,14H,6-7,10-12H2,1-2H3/t14-/m1/s1. The minimum Gasteiger partial charge on any atom is -0.288 e. The Labute approximate surface area is 114 Å². The molecule has 0 bridgehead atoms. The number of benzene rings is 1. The normalized spacial score (nSPS) is 20.2. The van der Waals surface area contributed by atoms with Gasteiger partial charge in [-0.3, -0.25) is 14.5 Å². The lowest BCUT2D eigenvalue weighted by Crippen LogP contribution is -2.49. The molecule has 104 valence electrons. The molecule has 1 aromatic rings. The van der Waals surface area contributed by atoms with E-state index in [1.807, 2.05) is 18.2 Å². The Morgan fingerprint density at radius 1 is 1.37 bits per heavy atom. The minimum absolute atomic E-state index is 0.0538. The molecule has 1 fully saturated rings. The van der Waals surface area contributed by atoms with Crippen molar-refractivity contribution in [2.75, 3.05) is 20.7 Å². The molecule has 2 rings (SSSR count). The van der Waals surface area contributed by atoms with Crippen LogP contribution in [0.3, 0.4) is 0 Å². The van der Waals surface area contributed by atoms with Crippen molar-refractivity contribution in [1.82, 2.24) is 9.96 Å². The molecule has 0 unspecified atom stereocenters. The third-order valence-corrected chi connectivity index (χ3v) is 3.71. The average Bonchev–Trinajstić information content (AvgIpc) is 2.47. The molecule has 4 nitrogen and oxygen atoms in total. The summed E-state index contributed by atoms with van der Waals surface area (Å²) in [7, 11) is 3.21. The SMILES string of the molecule is CON(C)C(=O)[C@H]1CCCCN1Cc1ccccc1. The molecule has 4 heteroatoms. The van der Waals surface area contributed by atoms with Crippen LogP contribution in [0.1, 0.15) is 24.8 Å². The number of carbonyl (C=O) groups is 1. The summed E-state index contributed by atoms with van der Waals surface area (Å²) in [4.78, 5) is 19.6. The first kappa shape index (κ1) is 14.0. The van der Waals surface area contributed by atoms with Gasteiger partial charge in [0.1, 0.15) is 0 Å². The van der Waals surface area contributed by atoms with Gasteiger partial charge >= 0.3 is 0 Å². The van der Waals surface area contributed by atoms with Crippen molar-refractivity contribution in [3.05, 3.63) is 35.9 Å². The molecule has 0 radical (unpaired) electrons. The summed E-state index contributed by atoms with van der Waals surface area (Å²) in [6.07, 6.45) is 3.19. The maximum atomic E-state index is 12.3. The number of nitrogens with zero attached hydrogens (tertiary/aromatic N) is 2. The molecule has 1 aliphatic rings. The second-order valence-corrected chi connectivity index (χ2v) is 4.99. The minimum atomic E-state index is -0.0566. The summed E-state index contributed by atoms with van der Waals surface area (Å²) in [6.45, 7) is 1.80. The van der Waals surface area contributed by atoms with Gasteiger partial charge in [-0.05, 0) is 24.9 Å². The Bertz CT molecular complexity index is 408. The van der Waals surface area contributed by atoms with Gasteiger partial charge in [-0.1, -0.05) is 36.8 Å². The van der Waals surface area contributed by atoms with Crippen LogP contribution in [0, 0.1) is 0 Å². The first-order valence-electron chi connectivity index (χ1n) is 6.82. The van der Waals surface area contributed by atoms with Crippen LogP contribution >= 0.6 is 0 Å². The van der Waals surface area contributed by atoms with E-state index < -0.39 is 0 Å². The molecule has 19 heavy (non-hydrogen) atoms. The average molecular weight is 262 g/mol. The van der Waals surface area contributed by atoms with E-state index in [0.717, 1.165) is 32.4 Å². The largest absolute Gasteiger partial charge is 0.288 e. The summed E-state index contributed by atoms with van der Waals surface area (Å²) in [5.41, 5.74) is 1.25. The van der Waals surface area contributed by atoms with Crippen molar-refractivity contribution in [2.45, 2.75) is 31.8 Å². The zero-order valence-electron chi connectivity index (χ0n) is 11.7. The second-order valence-electron chi connectivity index (χ2n) is 4.99. The van der Waals surface area contributed by atoms with E-state index in [1.165, 1.54) is 17.7 Å². The Morgan fingerprint density at radius 2 is 2.11 bits per heavy atom. The molecule has 1 aromatic carbocycles. The van der Waals surface area contributed by atoms with Gasteiger partial charge < -0.3 is 0 Å². The quantitative estimate of drug-likeness (QED) is 0.779. The number of hydrogen-bond acceptors (Lipinski definition) is 3. The maximum Gasteiger partial charge on any atom is 0.263 e. The van der Waals surface area contributed by atoms with Crippen LogP contribution in [0.4, 0.5) is 0 Å². The van der Waals surface area contributed by atoms with E-state index in [2.05, 4.69) is 17.0 Å². The number of amides is 1. The highest BCUT2D eigenvalue weighted by atomic mass is 16.7. The number of rotatable bonds is 4. The van der Waals surface area contributed by atoms with Crippen molar-refractivity contribution in [3.63, 3.8) is 0 Å². The zero-order valence-corrected chi connectivity index (χ0v) is 11.7. The second kappa shape index (κ2) is 6.68. The molecule has 0 spiro atoms. The van der Waals surface area contributed by atoms with Crippen LogP contribution in [0.5, 0.6) is 0 Å². The summed E-state index contributed by atoms with van der Waals surface area (Å²) in [5, 5.41) is 1.34. The van der Waals surface area contributed by atoms with Crippen molar-refractivity contribution >= 4 is 5.91 Å². The van der Waals surface area contributed by atoms with Crippen molar-refractivity contribution in [2.24, 2.45) is 0 Å². The van der Waals surface area contributed by atoms with Gasteiger partial charge in [0.2, 0.25) is 0 Å². The van der Waals surface area contributed by atoms with Gasteiger partial charge in [-0.25, -0.2) is 5.06 Å². The lowest BCUT2D eigenvalue weighted by Gasteiger charge is -2.36. The van der Waals surface area contributed by atoms with Crippen LogP contribution in [-0.2, 0) is 16.2 Å². The Morgan fingerprint density at radius 3 is 2.79 bits per heavy atom. The van der Waals surface area contributed by atoms with E-state index in [1.54, 1.807) is 7.05 Å². The molecular weight excluding hydrogens is 240 g/mol. The molecule has 1 amide bonds. The third-order valence-electron chi connectivity index (χ3n) is 3.71. The van der Waals surface area contributed by atoms with Gasteiger partial charge in [0.15, 0.2) is 0 Å². The van der Waals surface area contributed by atoms with Gasteiger partial charge in [-0.2, -0.15) is 0 Å². The molecular formula is C15H22N2O2. The monoisotopic (exact) mass is 262 g/mol. The molecule has 0 aromatic heterocycles. The summed E-state index contributed by atoms with van der Waals surface area (Å²) in [5.74, 6) is 0.0538. The van der Waals surface area contributed by atoms with Crippen molar-refractivity contribution in [3.8, 4) is 0 Å². The van der Waals surface area contributed by atoms with Crippen LogP contribution in [0.25, 0.3) is 0 Å². The highest BCUT2D eigenvalue weighted by Gasteiger charge is 2.30. The number of carbonyl (C=O) groups excluding carboxylic acids is 1. The van der Waals surface area contributed by atoms with E-state index >= 15 is 0 Å². The molecule has 0 saturated carbocycles. The van der Waals surface area contributed by atoms with Gasteiger partial charge in [0.25, 0.3) is 5.91 Å². The highest BCUT2D eigenvalue weighted by Crippen LogP contribution is 2.21. The molecule has 0 N–H and O–H groups in total. The van der Waals surface area contributed by atoms with Crippen LogP contribution in [0.15, 0.2) is 30.3 Å². The van der Waals surface area contributed by atoms with E-state index in [0.29, 0.717) is 0 Å². The first-order valence-corrected chi connectivity index (χ1v) is 6.82.